The molecule has 1 aliphatic rings. The van der Waals surface area contributed by atoms with Gasteiger partial charge in [0.15, 0.2) is 11.6 Å². The van der Waals surface area contributed by atoms with Crippen LogP contribution in [-0.4, -0.2) is 35.7 Å². The first kappa shape index (κ1) is 28.4. The zero-order chi connectivity index (χ0) is 28.6. The first-order valence-corrected chi connectivity index (χ1v) is 12.8. The maximum Gasteiger partial charge on any atom is 0.340 e. The first-order valence-electron chi connectivity index (χ1n) is 12.8. The van der Waals surface area contributed by atoms with Gasteiger partial charge in [0.25, 0.3) is 5.91 Å². The van der Waals surface area contributed by atoms with Gasteiger partial charge in [-0.15, -0.1) is 0 Å². The van der Waals surface area contributed by atoms with E-state index in [1.54, 1.807) is 12.1 Å². The Balaban J connectivity index is 1.53. The number of alkyl halides is 1. The predicted octanol–water partition coefficient (Wildman–Crippen LogP) is 6.31. The van der Waals surface area contributed by atoms with Gasteiger partial charge in [-0.2, -0.15) is 0 Å². The summed E-state index contributed by atoms with van der Waals surface area (Å²) in [6, 6.07) is 16.2. The van der Waals surface area contributed by atoms with Crippen molar-refractivity contribution in [3.63, 3.8) is 0 Å². The molecule has 1 unspecified atom stereocenters. The molecule has 0 radical (unpaired) electrons. The molecule has 4 rings (SSSR count). The Hall–Kier alpha value is -4.60. The highest BCUT2D eigenvalue weighted by Gasteiger charge is 2.20. The minimum atomic E-state index is -2.22. The van der Waals surface area contributed by atoms with Crippen LogP contribution in [0.2, 0.25) is 0 Å². The van der Waals surface area contributed by atoms with Crippen LogP contribution in [0, 0.1) is 11.6 Å². The van der Waals surface area contributed by atoms with Gasteiger partial charge >= 0.3 is 12.0 Å². The van der Waals surface area contributed by atoms with Crippen LogP contribution in [0.4, 0.5) is 29.3 Å². The maximum absolute atomic E-state index is 13.7. The Morgan fingerprint density at radius 1 is 0.925 bits per heavy atom. The molecule has 1 atom stereocenters. The Kier molecular flexibility index (Phi) is 9.21. The molecule has 7 nitrogen and oxygen atoms in total. The number of amides is 3. The van der Waals surface area contributed by atoms with E-state index < -0.39 is 42.3 Å². The third-order valence-corrected chi connectivity index (χ3v) is 6.52. The summed E-state index contributed by atoms with van der Waals surface area (Å²) in [5.41, 5.74) is 3.79. The minimum absolute atomic E-state index is 0.0744. The first-order chi connectivity index (χ1) is 19.2. The lowest BCUT2D eigenvalue weighted by Crippen LogP contribution is -2.35. The van der Waals surface area contributed by atoms with Gasteiger partial charge in [-0.3, -0.25) is 9.69 Å². The highest BCUT2D eigenvalue weighted by atomic mass is 19.2. The summed E-state index contributed by atoms with van der Waals surface area (Å²) in [6.45, 7) is -0.592. The zero-order valence-corrected chi connectivity index (χ0v) is 21.5. The molecule has 3 amide bonds. The number of nitrogens with one attached hydrogen (secondary N) is 2. The van der Waals surface area contributed by atoms with E-state index in [-0.39, 0.29) is 17.8 Å². The molecular formula is C30H28F3N3O4. The third kappa shape index (κ3) is 7.28. The van der Waals surface area contributed by atoms with Crippen LogP contribution in [0.3, 0.4) is 0 Å². The monoisotopic (exact) mass is 551 g/mol. The summed E-state index contributed by atoms with van der Waals surface area (Å²) < 4.78 is 40.4. The second-order valence-electron chi connectivity index (χ2n) is 9.38. The Morgan fingerprint density at radius 3 is 2.27 bits per heavy atom. The molecule has 0 bridgehead atoms. The number of benzene rings is 3. The number of aliphatic carboxylic acids is 1. The fourth-order valence-corrected chi connectivity index (χ4v) is 4.32. The molecule has 208 valence electrons. The normalized spacial score (nSPS) is 13.6. The van der Waals surface area contributed by atoms with E-state index >= 15 is 0 Å². The molecule has 10 heteroatoms. The van der Waals surface area contributed by atoms with Crippen LogP contribution in [0.15, 0.2) is 72.8 Å². The van der Waals surface area contributed by atoms with Crippen molar-refractivity contribution >= 4 is 34.9 Å². The van der Waals surface area contributed by atoms with Crippen LogP contribution in [-0.2, 0) is 11.3 Å². The SMILES string of the molecule is O=C(NCC(F)C(=O)O)c1ccc(CN(C(=O)Nc2ccc(F)c(F)c2)c2ccc(C3=CCCCC3)cc2)cc1. The van der Waals surface area contributed by atoms with Crippen LogP contribution in [0.25, 0.3) is 5.57 Å². The van der Waals surface area contributed by atoms with Gasteiger partial charge in [-0.25, -0.2) is 22.8 Å². The van der Waals surface area contributed by atoms with Gasteiger partial charge in [0.2, 0.25) is 6.17 Å². The molecule has 0 aromatic heterocycles. The molecule has 40 heavy (non-hydrogen) atoms. The number of allylic oxidation sites excluding steroid dienone is 2. The summed E-state index contributed by atoms with van der Waals surface area (Å²) in [5, 5.41) is 13.4. The molecule has 0 saturated carbocycles. The van der Waals surface area contributed by atoms with Crippen molar-refractivity contribution in [3.8, 4) is 0 Å². The van der Waals surface area contributed by atoms with Gasteiger partial charge in [0.05, 0.1) is 13.1 Å². The van der Waals surface area contributed by atoms with E-state index in [0.717, 1.165) is 37.0 Å². The van der Waals surface area contributed by atoms with Gasteiger partial charge in [0.1, 0.15) is 0 Å². The van der Waals surface area contributed by atoms with Gasteiger partial charge in [-0.1, -0.05) is 30.3 Å². The number of hydrogen-bond donors (Lipinski definition) is 3. The number of hydrogen-bond acceptors (Lipinski definition) is 3. The molecule has 3 N–H and O–H groups in total. The van der Waals surface area contributed by atoms with Crippen molar-refractivity contribution in [3.05, 3.63) is 101 Å². The van der Waals surface area contributed by atoms with Crippen LogP contribution < -0.4 is 15.5 Å². The van der Waals surface area contributed by atoms with Crippen LogP contribution >= 0.6 is 0 Å². The molecule has 3 aromatic carbocycles. The lowest BCUT2D eigenvalue weighted by atomic mass is 9.93. The van der Waals surface area contributed by atoms with Crippen molar-refractivity contribution in [2.75, 3.05) is 16.8 Å². The van der Waals surface area contributed by atoms with Gasteiger partial charge in [0, 0.05) is 23.0 Å². The van der Waals surface area contributed by atoms with Crippen molar-refractivity contribution in [2.45, 2.75) is 38.4 Å². The number of carboxylic acids is 1. The summed E-state index contributed by atoms with van der Waals surface area (Å²) in [5.74, 6) is -4.43. The van der Waals surface area contributed by atoms with E-state index in [1.807, 2.05) is 24.3 Å². The number of urea groups is 1. The highest BCUT2D eigenvalue weighted by Crippen LogP contribution is 2.29. The molecule has 0 saturated heterocycles. The summed E-state index contributed by atoms with van der Waals surface area (Å²) in [6.07, 6.45) is 4.31. The maximum atomic E-state index is 13.7. The number of carbonyl (C=O) groups is 3. The van der Waals surface area contributed by atoms with Crippen molar-refractivity contribution in [1.82, 2.24) is 5.32 Å². The smallest absolute Gasteiger partial charge is 0.340 e. The minimum Gasteiger partial charge on any atom is -0.479 e. The molecule has 0 heterocycles. The van der Waals surface area contributed by atoms with Crippen molar-refractivity contribution in [2.24, 2.45) is 0 Å². The molecule has 0 fully saturated rings. The van der Waals surface area contributed by atoms with E-state index in [0.29, 0.717) is 11.3 Å². The molecule has 3 aromatic rings. The number of anilines is 2. The number of nitrogens with zero attached hydrogens (tertiary/aromatic N) is 1. The summed E-state index contributed by atoms with van der Waals surface area (Å²) in [4.78, 5) is 37.6. The Morgan fingerprint density at radius 2 is 1.65 bits per heavy atom. The van der Waals surface area contributed by atoms with Gasteiger partial charge < -0.3 is 15.7 Å². The second kappa shape index (κ2) is 13.0. The van der Waals surface area contributed by atoms with E-state index in [2.05, 4.69) is 16.7 Å². The topological polar surface area (TPSA) is 98.7 Å². The largest absolute Gasteiger partial charge is 0.479 e. The van der Waals surface area contributed by atoms with Crippen LogP contribution in [0.1, 0.15) is 47.2 Å². The summed E-state index contributed by atoms with van der Waals surface area (Å²) >= 11 is 0. The van der Waals surface area contributed by atoms with E-state index in [4.69, 9.17) is 5.11 Å². The van der Waals surface area contributed by atoms with E-state index in [1.165, 1.54) is 35.1 Å². The third-order valence-electron chi connectivity index (χ3n) is 6.52. The summed E-state index contributed by atoms with van der Waals surface area (Å²) in [7, 11) is 0. The molecular weight excluding hydrogens is 523 g/mol. The average Bonchev–Trinajstić information content (AvgIpc) is 2.97. The fraction of sp³-hybridized carbons (Fsp3) is 0.233. The highest BCUT2D eigenvalue weighted by molar-refractivity contribution is 6.01. The van der Waals surface area contributed by atoms with Crippen molar-refractivity contribution in [1.29, 1.82) is 0 Å². The number of rotatable bonds is 9. The molecule has 1 aliphatic carbocycles. The number of halogens is 3. The predicted molar refractivity (Wildman–Crippen MR) is 146 cm³/mol. The molecule has 0 aliphatic heterocycles. The Labute approximate surface area is 229 Å². The lowest BCUT2D eigenvalue weighted by Gasteiger charge is -2.24. The second-order valence-corrected chi connectivity index (χ2v) is 9.38. The van der Waals surface area contributed by atoms with Crippen molar-refractivity contribution < 1.29 is 32.7 Å². The average molecular weight is 552 g/mol. The number of carbonyl (C=O) groups excluding carboxylic acids is 2. The standard InChI is InChI=1S/C30H28F3N3O4/c31-25-15-12-23(16-26(25)32)35-30(40)36(24-13-10-21(11-14-24)20-4-2-1-3-5-20)18-19-6-8-22(9-7-19)28(37)34-17-27(33)29(38)39/h4,6-16,27H,1-3,5,17-18H2,(H,34,37)(H,35,40)(H,38,39). The van der Waals surface area contributed by atoms with Gasteiger partial charge in [-0.05, 0) is 78.8 Å². The fourth-order valence-electron chi connectivity index (χ4n) is 4.32. The van der Waals surface area contributed by atoms with Crippen LogP contribution in [0.5, 0.6) is 0 Å². The quantitative estimate of drug-likeness (QED) is 0.290. The lowest BCUT2D eigenvalue weighted by molar-refractivity contribution is -0.142. The Bertz CT molecular complexity index is 1410. The molecule has 0 spiro atoms. The number of carboxylic acid groups (broad SMARTS) is 1. The van der Waals surface area contributed by atoms with E-state index in [9.17, 15) is 27.6 Å². The zero-order valence-electron chi connectivity index (χ0n) is 21.5.